The SMILES string of the molecule is C[C@H](NC(=O)c1nnn(-c2ccc(Cl)cc2)c1N)c1ccccc1. The number of rotatable bonds is 4. The average Bonchev–Trinajstić information content (AvgIpc) is 2.98. The summed E-state index contributed by atoms with van der Waals surface area (Å²) >= 11 is 5.87. The van der Waals surface area contributed by atoms with Gasteiger partial charge in [0.2, 0.25) is 0 Å². The zero-order valence-corrected chi connectivity index (χ0v) is 13.7. The summed E-state index contributed by atoms with van der Waals surface area (Å²) in [4.78, 5) is 12.4. The second kappa shape index (κ2) is 6.72. The van der Waals surface area contributed by atoms with Gasteiger partial charge in [-0.2, -0.15) is 4.68 Å². The van der Waals surface area contributed by atoms with Crippen molar-refractivity contribution in [3.63, 3.8) is 0 Å². The molecule has 3 aromatic rings. The van der Waals surface area contributed by atoms with Crippen LogP contribution in [0.5, 0.6) is 0 Å². The highest BCUT2D eigenvalue weighted by Gasteiger charge is 2.20. The number of nitrogen functional groups attached to an aromatic ring is 1. The number of hydrogen-bond donors (Lipinski definition) is 2. The van der Waals surface area contributed by atoms with Gasteiger partial charge in [-0.25, -0.2) is 0 Å². The Hall–Kier alpha value is -2.86. The van der Waals surface area contributed by atoms with Crippen LogP contribution in [0.15, 0.2) is 54.6 Å². The number of anilines is 1. The zero-order chi connectivity index (χ0) is 17.1. The minimum atomic E-state index is -0.371. The van der Waals surface area contributed by atoms with E-state index in [1.54, 1.807) is 24.3 Å². The summed E-state index contributed by atoms with van der Waals surface area (Å²) < 4.78 is 1.40. The van der Waals surface area contributed by atoms with Crippen molar-refractivity contribution in [2.75, 3.05) is 5.73 Å². The Morgan fingerprint density at radius 1 is 1.17 bits per heavy atom. The standard InChI is InChI=1S/C17H16ClN5O/c1-11(12-5-3-2-4-6-12)20-17(24)15-16(19)23(22-21-15)14-9-7-13(18)8-10-14/h2-11H,19H2,1H3,(H,20,24)/t11-/m0/s1. The van der Waals surface area contributed by atoms with Gasteiger partial charge in [-0.15, -0.1) is 5.10 Å². The molecule has 3 rings (SSSR count). The molecule has 0 spiro atoms. The normalized spacial score (nSPS) is 11.9. The number of amides is 1. The summed E-state index contributed by atoms with van der Waals surface area (Å²) in [6.45, 7) is 1.90. The summed E-state index contributed by atoms with van der Waals surface area (Å²) in [6.07, 6.45) is 0. The van der Waals surface area contributed by atoms with E-state index in [-0.39, 0.29) is 23.5 Å². The van der Waals surface area contributed by atoms with Crippen molar-refractivity contribution in [3.8, 4) is 5.69 Å². The van der Waals surface area contributed by atoms with E-state index in [2.05, 4.69) is 15.6 Å². The first-order valence-electron chi connectivity index (χ1n) is 7.39. The van der Waals surface area contributed by atoms with Gasteiger partial charge in [0.15, 0.2) is 11.5 Å². The Balaban J connectivity index is 1.80. The molecule has 6 nitrogen and oxygen atoms in total. The Morgan fingerprint density at radius 3 is 2.50 bits per heavy atom. The van der Waals surface area contributed by atoms with Crippen LogP contribution in [0.3, 0.4) is 0 Å². The summed E-state index contributed by atoms with van der Waals surface area (Å²) in [5.41, 5.74) is 7.80. The van der Waals surface area contributed by atoms with Crippen LogP contribution < -0.4 is 11.1 Å². The number of carbonyl (C=O) groups excluding carboxylic acids is 1. The van der Waals surface area contributed by atoms with Gasteiger partial charge in [-0.05, 0) is 36.8 Å². The van der Waals surface area contributed by atoms with Gasteiger partial charge >= 0.3 is 0 Å². The third kappa shape index (κ3) is 3.23. The van der Waals surface area contributed by atoms with E-state index in [0.717, 1.165) is 5.56 Å². The molecule has 0 aliphatic carbocycles. The van der Waals surface area contributed by atoms with Crippen LogP contribution >= 0.6 is 11.6 Å². The lowest BCUT2D eigenvalue weighted by Crippen LogP contribution is -2.27. The minimum absolute atomic E-state index is 0.0905. The third-order valence-corrected chi connectivity index (χ3v) is 3.89. The molecule has 2 aromatic carbocycles. The predicted octanol–water partition coefficient (Wildman–Crippen LogP) is 2.99. The zero-order valence-electron chi connectivity index (χ0n) is 13.0. The van der Waals surface area contributed by atoms with Crippen LogP contribution in [0.2, 0.25) is 5.02 Å². The van der Waals surface area contributed by atoms with Crippen LogP contribution in [-0.2, 0) is 0 Å². The number of aromatic nitrogens is 3. The number of nitrogens with zero attached hydrogens (tertiary/aromatic N) is 3. The number of hydrogen-bond acceptors (Lipinski definition) is 4. The summed E-state index contributed by atoms with van der Waals surface area (Å²) in [7, 11) is 0. The van der Waals surface area contributed by atoms with Gasteiger partial charge in [0.05, 0.1) is 11.7 Å². The topological polar surface area (TPSA) is 85.8 Å². The Labute approximate surface area is 144 Å². The fraction of sp³-hybridized carbons (Fsp3) is 0.118. The molecule has 1 amide bonds. The van der Waals surface area contributed by atoms with Crippen molar-refractivity contribution >= 4 is 23.3 Å². The molecule has 1 atom stereocenters. The Morgan fingerprint density at radius 2 is 1.83 bits per heavy atom. The maximum atomic E-state index is 12.4. The van der Waals surface area contributed by atoms with Crippen LogP contribution in [0.4, 0.5) is 5.82 Å². The smallest absolute Gasteiger partial charge is 0.276 e. The lowest BCUT2D eigenvalue weighted by Gasteiger charge is -2.13. The highest BCUT2D eigenvalue weighted by Crippen LogP contribution is 2.18. The molecule has 3 N–H and O–H groups in total. The van der Waals surface area contributed by atoms with Crippen molar-refractivity contribution in [1.82, 2.24) is 20.3 Å². The monoisotopic (exact) mass is 341 g/mol. The molecule has 0 aliphatic rings. The average molecular weight is 342 g/mol. The molecular formula is C17H16ClN5O. The molecule has 122 valence electrons. The first-order valence-corrected chi connectivity index (χ1v) is 7.77. The van der Waals surface area contributed by atoms with Gasteiger partial charge < -0.3 is 11.1 Å². The Bertz CT molecular complexity index is 845. The quantitative estimate of drug-likeness (QED) is 0.763. The number of carbonyl (C=O) groups is 1. The first-order chi connectivity index (χ1) is 11.6. The number of halogens is 1. The van der Waals surface area contributed by atoms with Gasteiger partial charge in [0.25, 0.3) is 5.91 Å². The largest absolute Gasteiger partial charge is 0.382 e. The lowest BCUT2D eigenvalue weighted by molar-refractivity contribution is 0.0935. The van der Waals surface area contributed by atoms with Crippen LogP contribution in [-0.4, -0.2) is 20.9 Å². The maximum Gasteiger partial charge on any atom is 0.276 e. The van der Waals surface area contributed by atoms with Crippen molar-refractivity contribution < 1.29 is 4.79 Å². The third-order valence-electron chi connectivity index (χ3n) is 3.64. The Kier molecular flexibility index (Phi) is 4.48. The summed E-state index contributed by atoms with van der Waals surface area (Å²) in [6, 6.07) is 16.4. The van der Waals surface area contributed by atoms with E-state index >= 15 is 0 Å². The summed E-state index contributed by atoms with van der Waals surface area (Å²) in [5.74, 6) is -0.195. The fourth-order valence-corrected chi connectivity index (χ4v) is 2.44. The predicted molar refractivity (Wildman–Crippen MR) is 93.1 cm³/mol. The van der Waals surface area contributed by atoms with Crippen LogP contribution in [0.25, 0.3) is 5.69 Å². The van der Waals surface area contributed by atoms with Crippen molar-refractivity contribution in [3.05, 3.63) is 70.9 Å². The molecule has 24 heavy (non-hydrogen) atoms. The minimum Gasteiger partial charge on any atom is -0.382 e. The van der Waals surface area contributed by atoms with Gasteiger partial charge in [-0.3, -0.25) is 4.79 Å². The molecule has 0 bridgehead atoms. The molecular weight excluding hydrogens is 326 g/mol. The second-order valence-electron chi connectivity index (χ2n) is 5.32. The molecule has 0 fully saturated rings. The van der Waals surface area contributed by atoms with E-state index in [1.165, 1.54) is 4.68 Å². The highest BCUT2D eigenvalue weighted by molar-refractivity contribution is 6.30. The van der Waals surface area contributed by atoms with Crippen LogP contribution in [0.1, 0.15) is 29.0 Å². The van der Waals surface area contributed by atoms with E-state index in [4.69, 9.17) is 17.3 Å². The number of nitrogens with two attached hydrogens (primary N) is 1. The van der Waals surface area contributed by atoms with Gasteiger partial charge in [-0.1, -0.05) is 47.1 Å². The molecule has 1 aromatic heterocycles. The molecule has 0 saturated heterocycles. The van der Waals surface area contributed by atoms with Crippen molar-refractivity contribution in [2.45, 2.75) is 13.0 Å². The molecule has 7 heteroatoms. The molecule has 1 heterocycles. The van der Waals surface area contributed by atoms with E-state index < -0.39 is 0 Å². The first kappa shape index (κ1) is 16.0. The number of benzene rings is 2. The van der Waals surface area contributed by atoms with Crippen molar-refractivity contribution in [1.29, 1.82) is 0 Å². The number of nitrogens with one attached hydrogen (secondary N) is 1. The molecule has 0 aliphatic heterocycles. The summed E-state index contributed by atoms with van der Waals surface area (Å²) in [5, 5.41) is 11.3. The highest BCUT2D eigenvalue weighted by atomic mass is 35.5. The molecule has 0 unspecified atom stereocenters. The molecule has 0 radical (unpaired) electrons. The van der Waals surface area contributed by atoms with Gasteiger partial charge in [0.1, 0.15) is 0 Å². The fourth-order valence-electron chi connectivity index (χ4n) is 2.31. The van der Waals surface area contributed by atoms with E-state index in [1.807, 2.05) is 37.3 Å². The maximum absolute atomic E-state index is 12.4. The van der Waals surface area contributed by atoms with E-state index in [9.17, 15) is 4.79 Å². The molecule has 0 saturated carbocycles. The second-order valence-corrected chi connectivity index (χ2v) is 5.75. The van der Waals surface area contributed by atoms with Crippen LogP contribution in [0, 0.1) is 0 Å². The van der Waals surface area contributed by atoms with E-state index in [0.29, 0.717) is 10.7 Å². The van der Waals surface area contributed by atoms with Crippen molar-refractivity contribution in [2.24, 2.45) is 0 Å². The lowest BCUT2D eigenvalue weighted by atomic mass is 10.1. The van der Waals surface area contributed by atoms with Gasteiger partial charge in [0, 0.05) is 5.02 Å².